The van der Waals surface area contributed by atoms with E-state index < -0.39 is 28.3 Å². The highest BCUT2D eigenvalue weighted by Crippen LogP contribution is 2.28. The number of hydrogen-bond acceptors (Lipinski definition) is 4. The molecule has 27 heavy (non-hydrogen) atoms. The molecule has 0 aromatic heterocycles. The smallest absolute Gasteiger partial charge is 0.250 e. The highest BCUT2D eigenvalue weighted by atomic mass is 127. The van der Waals surface area contributed by atoms with Crippen LogP contribution in [-0.2, 0) is 14.4 Å². The number of amides is 3. The number of hydrogen-bond donors (Lipinski definition) is 3. The second-order valence-electron chi connectivity index (χ2n) is 5.60. The SMILES string of the molecule is C=C(C)C(=O)N/C(=C\I)C(I)C(C(=O)NCC[O-])/C(C)=C/C(=O)NCC[OH2+]. The fraction of sp³-hybridized carbons (Fsp3) is 0.471. The molecule has 0 heterocycles. The minimum absolute atomic E-state index is 0.0293. The van der Waals surface area contributed by atoms with Crippen LogP contribution in [0.2, 0.25) is 0 Å². The summed E-state index contributed by atoms with van der Waals surface area (Å²) >= 11 is 3.98. The van der Waals surface area contributed by atoms with E-state index in [0.29, 0.717) is 16.8 Å². The van der Waals surface area contributed by atoms with Gasteiger partial charge in [0, 0.05) is 23.9 Å². The van der Waals surface area contributed by atoms with E-state index >= 15 is 0 Å². The van der Waals surface area contributed by atoms with Crippen LogP contribution >= 0.6 is 45.2 Å². The summed E-state index contributed by atoms with van der Waals surface area (Å²) in [6.45, 7) is 6.56. The van der Waals surface area contributed by atoms with Crippen molar-refractivity contribution in [3.63, 3.8) is 0 Å². The van der Waals surface area contributed by atoms with Crippen molar-refractivity contribution >= 4 is 62.9 Å². The van der Waals surface area contributed by atoms with E-state index in [0.717, 1.165) is 0 Å². The summed E-state index contributed by atoms with van der Waals surface area (Å²) < 4.78 is 1.16. The fourth-order valence-electron chi connectivity index (χ4n) is 1.96. The Morgan fingerprint density at radius 2 is 1.85 bits per heavy atom. The first-order valence-electron chi connectivity index (χ1n) is 8.07. The summed E-state index contributed by atoms with van der Waals surface area (Å²) in [7, 11) is 0. The molecule has 0 spiro atoms. The fourth-order valence-corrected chi connectivity index (χ4v) is 4.42. The van der Waals surface area contributed by atoms with Crippen molar-refractivity contribution in [2.45, 2.75) is 17.8 Å². The van der Waals surface area contributed by atoms with Crippen molar-refractivity contribution in [3.05, 3.63) is 33.6 Å². The Balaban J connectivity index is 5.65. The average molecular weight is 605 g/mol. The van der Waals surface area contributed by atoms with E-state index in [1.807, 2.05) is 45.2 Å². The van der Waals surface area contributed by atoms with Crippen LogP contribution in [-0.4, -0.2) is 53.1 Å². The molecule has 3 amide bonds. The zero-order valence-corrected chi connectivity index (χ0v) is 19.5. The van der Waals surface area contributed by atoms with E-state index in [-0.39, 0.29) is 25.6 Å². The van der Waals surface area contributed by atoms with Crippen LogP contribution in [0.5, 0.6) is 0 Å². The predicted octanol–water partition coefficient (Wildman–Crippen LogP) is -0.361. The van der Waals surface area contributed by atoms with Crippen molar-refractivity contribution in [1.29, 1.82) is 0 Å². The van der Waals surface area contributed by atoms with Gasteiger partial charge in [-0.25, -0.2) is 0 Å². The maximum absolute atomic E-state index is 12.6. The van der Waals surface area contributed by atoms with Gasteiger partial charge >= 0.3 is 0 Å². The van der Waals surface area contributed by atoms with Crippen molar-refractivity contribution in [2.24, 2.45) is 5.92 Å². The molecule has 8 nitrogen and oxygen atoms in total. The Morgan fingerprint density at radius 1 is 1.22 bits per heavy atom. The molecule has 2 unspecified atom stereocenters. The van der Waals surface area contributed by atoms with Gasteiger partial charge in [-0.3, -0.25) is 14.4 Å². The Bertz CT molecular complexity index is 620. The highest BCUT2D eigenvalue weighted by molar-refractivity contribution is 14.1. The summed E-state index contributed by atoms with van der Waals surface area (Å²) in [5.41, 5.74) is 1.29. The third-order valence-corrected chi connectivity index (χ3v) is 5.37. The van der Waals surface area contributed by atoms with E-state index in [9.17, 15) is 19.5 Å². The van der Waals surface area contributed by atoms with Gasteiger partial charge in [-0.05, 0) is 17.9 Å². The van der Waals surface area contributed by atoms with Crippen LogP contribution in [0.3, 0.4) is 0 Å². The summed E-state index contributed by atoms with van der Waals surface area (Å²) in [5, 5.41) is 25.6. The van der Waals surface area contributed by atoms with Gasteiger partial charge in [0.1, 0.15) is 0 Å². The summed E-state index contributed by atoms with van der Waals surface area (Å²) in [6, 6.07) is 0. The van der Waals surface area contributed by atoms with Gasteiger partial charge in [0.05, 0.1) is 16.4 Å². The van der Waals surface area contributed by atoms with Gasteiger partial charge in [0.2, 0.25) is 17.7 Å². The van der Waals surface area contributed by atoms with E-state index in [2.05, 4.69) is 22.5 Å². The van der Waals surface area contributed by atoms with Crippen molar-refractivity contribution in [1.82, 2.24) is 16.0 Å². The minimum atomic E-state index is -0.773. The zero-order chi connectivity index (χ0) is 21.0. The summed E-state index contributed by atoms with van der Waals surface area (Å²) in [6.07, 6.45) is 1.30. The Kier molecular flexibility index (Phi) is 13.6. The molecule has 152 valence electrons. The third-order valence-electron chi connectivity index (χ3n) is 3.31. The van der Waals surface area contributed by atoms with Gasteiger partial charge in [-0.2, -0.15) is 0 Å². The Morgan fingerprint density at radius 3 is 2.33 bits per heavy atom. The van der Waals surface area contributed by atoms with Crippen LogP contribution in [0.4, 0.5) is 0 Å². The van der Waals surface area contributed by atoms with Gasteiger partial charge in [-0.15, -0.1) is 6.61 Å². The quantitative estimate of drug-likeness (QED) is 0.129. The van der Waals surface area contributed by atoms with Crippen molar-refractivity contribution in [3.8, 4) is 0 Å². The van der Waals surface area contributed by atoms with E-state index in [1.54, 1.807) is 17.9 Å². The molecule has 0 aromatic rings. The summed E-state index contributed by atoms with van der Waals surface area (Å²) in [4.78, 5) is 36.5. The van der Waals surface area contributed by atoms with Gasteiger partial charge in [-0.1, -0.05) is 57.3 Å². The molecule has 2 atom stereocenters. The first-order chi connectivity index (χ1) is 12.7. The van der Waals surface area contributed by atoms with E-state index in [1.165, 1.54) is 6.08 Å². The Hall–Kier alpha value is -0.990. The normalized spacial score (nSPS) is 14.1. The van der Waals surface area contributed by atoms with Gasteiger partial charge in [0.15, 0.2) is 6.61 Å². The molecule has 0 bridgehead atoms. The third kappa shape index (κ3) is 9.67. The van der Waals surface area contributed by atoms with Gasteiger partial charge < -0.3 is 26.2 Å². The molecule has 0 fully saturated rings. The lowest BCUT2D eigenvalue weighted by molar-refractivity contribution is -0.364. The number of carbonyl (C=O) groups excluding carboxylic acids is 3. The number of alkyl halides is 1. The zero-order valence-electron chi connectivity index (χ0n) is 15.2. The van der Waals surface area contributed by atoms with Crippen LogP contribution in [0.1, 0.15) is 13.8 Å². The molecule has 0 saturated carbocycles. The molecular formula is C17H25I2N3O5. The standard InChI is InChI=1S/C17H24I2N3O5/c1-10(2)16(26)22-12(9-18)15(19)14(17(27)21-5-7-24)11(3)8-13(25)20-4-6-23/h8-9,14-15,23H,1,4-7H2,2-3H3,(H,20,25)(H,21,27)(H,22,26)/q-1/p+1/b11-8+,12-9-. The first kappa shape index (κ1) is 26.0. The molecule has 10 heteroatoms. The lowest BCUT2D eigenvalue weighted by Crippen LogP contribution is -2.42. The van der Waals surface area contributed by atoms with Crippen molar-refractivity contribution in [2.75, 3.05) is 26.3 Å². The molecule has 0 saturated heterocycles. The van der Waals surface area contributed by atoms with E-state index in [4.69, 9.17) is 5.11 Å². The lowest BCUT2D eigenvalue weighted by atomic mass is 9.93. The molecular weight excluding hydrogens is 580 g/mol. The lowest BCUT2D eigenvalue weighted by Gasteiger charge is -2.25. The predicted molar refractivity (Wildman–Crippen MR) is 119 cm³/mol. The average Bonchev–Trinajstić information content (AvgIpc) is 2.62. The van der Waals surface area contributed by atoms with Crippen LogP contribution in [0, 0.1) is 5.92 Å². The topological polar surface area (TPSA) is 133 Å². The molecule has 0 rings (SSSR count). The number of allylic oxidation sites excluding steroid dienone is 1. The summed E-state index contributed by atoms with van der Waals surface area (Å²) in [5.74, 6) is -1.96. The Labute approximate surface area is 186 Å². The largest absolute Gasteiger partial charge is 0.853 e. The number of carbonyl (C=O) groups is 3. The molecule has 0 aliphatic heterocycles. The second-order valence-corrected chi connectivity index (χ2v) is 7.57. The van der Waals surface area contributed by atoms with Gasteiger partial charge in [0.25, 0.3) is 0 Å². The maximum Gasteiger partial charge on any atom is 0.250 e. The van der Waals surface area contributed by atoms with Crippen LogP contribution < -0.4 is 21.1 Å². The van der Waals surface area contributed by atoms with Crippen LogP contribution in [0.25, 0.3) is 0 Å². The van der Waals surface area contributed by atoms with Crippen molar-refractivity contribution < 1.29 is 24.6 Å². The van der Waals surface area contributed by atoms with Crippen LogP contribution in [0.15, 0.2) is 33.6 Å². The monoisotopic (exact) mass is 605 g/mol. The molecule has 0 radical (unpaired) electrons. The number of nitrogens with one attached hydrogen (secondary N) is 3. The molecule has 0 aromatic carbocycles. The second kappa shape index (κ2) is 14.1. The number of halogens is 2. The highest BCUT2D eigenvalue weighted by Gasteiger charge is 2.31. The maximum atomic E-state index is 12.6. The molecule has 0 aliphatic carbocycles. The molecule has 5 N–H and O–H groups in total. The minimum Gasteiger partial charge on any atom is -0.853 e. The molecule has 0 aliphatic rings. The number of rotatable bonds is 11. The first-order valence-corrected chi connectivity index (χ1v) is 10.6.